The van der Waals surface area contributed by atoms with Crippen LogP contribution in [0.2, 0.25) is 0 Å². The molecule has 1 heterocycles. The molecule has 0 saturated carbocycles. The Kier molecular flexibility index (Phi) is 7.53. The average molecular weight is 445 g/mol. The van der Waals surface area contributed by atoms with Crippen molar-refractivity contribution in [2.24, 2.45) is 0 Å². The third-order valence-electron chi connectivity index (χ3n) is 4.53. The number of nitrogens with one attached hydrogen (secondary N) is 2. The van der Waals surface area contributed by atoms with Gasteiger partial charge < -0.3 is 20.3 Å². The maximum Gasteiger partial charge on any atom is 0.573 e. The molecule has 0 radical (unpaired) electrons. The number of likely N-dealkylation sites (N-methyl/N-ethyl adjacent to an activating group) is 1. The molecule has 0 aliphatic heterocycles. The normalized spacial score (nSPS) is 11.5. The summed E-state index contributed by atoms with van der Waals surface area (Å²) in [6.07, 6.45) is -4.76. The van der Waals surface area contributed by atoms with Crippen LogP contribution in [0.3, 0.4) is 0 Å². The van der Waals surface area contributed by atoms with Crippen molar-refractivity contribution in [2.75, 3.05) is 37.8 Å². The van der Waals surface area contributed by atoms with Crippen LogP contribution in [0.15, 0.2) is 54.6 Å². The van der Waals surface area contributed by atoms with Gasteiger partial charge in [-0.15, -0.1) is 13.2 Å². The zero-order valence-electron chi connectivity index (χ0n) is 18.2. The Morgan fingerprint density at radius 2 is 1.72 bits per heavy atom. The Hall–Kier alpha value is -3.33. The van der Waals surface area contributed by atoms with E-state index >= 15 is 0 Å². The predicted molar refractivity (Wildman–Crippen MR) is 120 cm³/mol. The van der Waals surface area contributed by atoms with Crippen molar-refractivity contribution in [1.29, 1.82) is 0 Å². The minimum atomic E-state index is -4.76. The Morgan fingerprint density at radius 1 is 0.969 bits per heavy atom. The lowest BCUT2D eigenvalue weighted by Gasteiger charge is -2.14. The summed E-state index contributed by atoms with van der Waals surface area (Å²) >= 11 is 0. The fourth-order valence-electron chi connectivity index (χ4n) is 2.91. The molecule has 0 aliphatic rings. The standard InChI is InChI=1S/C23H26F3N5O/c1-16-7-9-17(10-8-16)15-28-21-14-20(29-22(30-21)27-11-12-31(2)3)18-5-4-6-19(13-18)32-23(24,25)26/h4-10,13-14H,11-12,15H2,1-3H3,(H2,27,28,29,30). The van der Waals surface area contributed by atoms with Gasteiger partial charge in [-0.25, -0.2) is 4.98 Å². The summed E-state index contributed by atoms with van der Waals surface area (Å²) in [6.45, 7) is 3.96. The molecular weight excluding hydrogens is 419 g/mol. The molecule has 170 valence electrons. The van der Waals surface area contributed by atoms with E-state index in [0.29, 0.717) is 36.1 Å². The summed E-state index contributed by atoms with van der Waals surface area (Å²) in [5.41, 5.74) is 3.22. The van der Waals surface area contributed by atoms with E-state index in [-0.39, 0.29) is 5.75 Å². The zero-order chi connectivity index (χ0) is 23.1. The van der Waals surface area contributed by atoms with Gasteiger partial charge in [0.25, 0.3) is 0 Å². The number of halogens is 3. The van der Waals surface area contributed by atoms with Crippen LogP contribution in [0.1, 0.15) is 11.1 Å². The molecule has 0 spiro atoms. The van der Waals surface area contributed by atoms with Gasteiger partial charge in [0.1, 0.15) is 11.6 Å². The number of rotatable bonds is 9. The number of anilines is 2. The van der Waals surface area contributed by atoms with Crippen LogP contribution in [0.25, 0.3) is 11.3 Å². The van der Waals surface area contributed by atoms with Crippen LogP contribution in [-0.2, 0) is 6.54 Å². The topological polar surface area (TPSA) is 62.3 Å². The highest BCUT2D eigenvalue weighted by molar-refractivity contribution is 5.66. The summed E-state index contributed by atoms with van der Waals surface area (Å²) in [4.78, 5) is 11.0. The molecule has 3 aromatic rings. The van der Waals surface area contributed by atoms with Crippen molar-refractivity contribution in [3.05, 3.63) is 65.7 Å². The van der Waals surface area contributed by atoms with E-state index in [4.69, 9.17) is 0 Å². The molecule has 32 heavy (non-hydrogen) atoms. The van der Waals surface area contributed by atoms with Crippen LogP contribution in [0.5, 0.6) is 5.75 Å². The third kappa shape index (κ3) is 7.42. The quantitative estimate of drug-likeness (QED) is 0.487. The van der Waals surface area contributed by atoms with Gasteiger partial charge in [-0.2, -0.15) is 4.98 Å². The molecule has 0 fully saturated rings. The number of aryl methyl sites for hydroxylation is 1. The summed E-state index contributed by atoms with van der Waals surface area (Å²) in [5, 5.41) is 6.44. The SMILES string of the molecule is Cc1ccc(CNc2cc(-c3cccc(OC(F)(F)F)c3)nc(NCCN(C)C)n2)cc1. The number of hydrogen-bond acceptors (Lipinski definition) is 6. The summed E-state index contributed by atoms with van der Waals surface area (Å²) in [6, 6.07) is 15.6. The summed E-state index contributed by atoms with van der Waals surface area (Å²) < 4.78 is 41.9. The number of nitrogens with zero attached hydrogens (tertiary/aromatic N) is 3. The molecule has 0 unspecified atom stereocenters. The van der Waals surface area contributed by atoms with Gasteiger partial charge in [-0.1, -0.05) is 42.0 Å². The maximum absolute atomic E-state index is 12.6. The minimum absolute atomic E-state index is 0.301. The fourth-order valence-corrected chi connectivity index (χ4v) is 2.91. The lowest BCUT2D eigenvalue weighted by Crippen LogP contribution is -2.21. The molecule has 0 atom stereocenters. The third-order valence-corrected chi connectivity index (χ3v) is 4.53. The Labute approximate surface area is 185 Å². The van der Waals surface area contributed by atoms with E-state index in [1.54, 1.807) is 12.1 Å². The van der Waals surface area contributed by atoms with Crippen molar-refractivity contribution >= 4 is 11.8 Å². The number of hydrogen-bond donors (Lipinski definition) is 2. The number of ether oxygens (including phenoxy) is 1. The van der Waals surface area contributed by atoms with Crippen molar-refractivity contribution in [1.82, 2.24) is 14.9 Å². The van der Waals surface area contributed by atoms with E-state index in [1.807, 2.05) is 50.2 Å². The number of alkyl halides is 3. The van der Waals surface area contributed by atoms with Gasteiger partial charge in [0, 0.05) is 31.3 Å². The van der Waals surface area contributed by atoms with E-state index in [2.05, 4.69) is 25.3 Å². The molecule has 0 aliphatic carbocycles. The van der Waals surface area contributed by atoms with Gasteiger partial charge in [0.15, 0.2) is 0 Å². The van der Waals surface area contributed by atoms with Crippen LogP contribution < -0.4 is 15.4 Å². The van der Waals surface area contributed by atoms with Crippen molar-refractivity contribution in [3.8, 4) is 17.0 Å². The predicted octanol–water partition coefficient (Wildman–Crippen LogP) is 4.94. The highest BCUT2D eigenvalue weighted by atomic mass is 19.4. The highest BCUT2D eigenvalue weighted by Gasteiger charge is 2.31. The first-order valence-corrected chi connectivity index (χ1v) is 10.1. The molecule has 2 N–H and O–H groups in total. The van der Waals surface area contributed by atoms with Crippen molar-refractivity contribution in [2.45, 2.75) is 19.8 Å². The Morgan fingerprint density at radius 3 is 2.41 bits per heavy atom. The van der Waals surface area contributed by atoms with Gasteiger partial charge >= 0.3 is 6.36 Å². The van der Waals surface area contributed by atoms with E-state index in [9.17, 15) is 13.2 Å². The average Bonchev–Trinajstić information content (AvgIpc) is 2.72. The van der Waals surface area contributed by atoms with Gasteiger partial charge in [-0.3, -0.25) is 0 Å². The molecule has 2 aromatic carbocycles. The van der Waals surface area contributed by atoms with Gasteiger partial charge in [0.2, 0.25) is 5.95 Å². The lowest BCUT2D eigenvalue weighted by atomic mass is 10.1. The first-order valence-electron chi connectivity index (χ1n) is 10.1. The second kappa shape index (κ2) is 10.3. The Bertz CT molecular complexity index is 1020. The first kappa shape index (κ1) is 23.3. The van der Waals surface area contributed by atoms with Crippen LogP contribution >= 0.6 is 0 Å². The molecular formula is C23H26F3N5O. The second-order valence-corrected chi connectivity index (χ2v) is 7.61. The molecule has 0 saturated heterocycles. The van der Waals surface area contributed by atoms with Crippen LogP contribution in [-0.4, -0.2) is 48.4 Å². The first-order chi connectivity index (χ1) is 15.2. The molecule has 3 rings (SSSR count). The second-order valence-electron chi connectivity index (χ2n) is 7.61. The van der Waals surface area contributed by atoms with E-state index < -0.39 is 6.36 Å². The Balaban J connectivity index is 1.85. The van der Waals surface area contributed by atoms with Crippen LogP contribution in [0.4, 0.5) is 24.9 Å². The monoisotopic (exact) mass is 445 g/mol. The molecule has 0 bridgehead atoms. The van der Waals surface area contributed by atoms with Crippen LogP contribution in [0, 0.1) is 6.92 Å². The largest absolute Gasteiger partial charge is 0.573 e. The van der Waals surface area contributed by atoms with Crippen molar-refractivity contribution < 1.29 is 17.9 Å². The number of aromatic nitrogens is 2. The molecule has 0 amide bonds. The fraction of sp³-hybridized carbons (Fsp3) is 0.304. The molecule has 6 nitrogen and oxygen atoms in total. The molecule has 9 heteroatoms. The summed E-state index contributed by atoms with van der Waals surface area (Å²) in [7, 11) is 3.92. The lowest BCUT2D eigenvalue weighted by molar-refractivity contribution is -0.274. The smallest absolute Gasteiger partial charge is 0.406 e. The number of benzene rings is 2. The van der Waals surface area contributed by atoms with E-state index in [0.717, 1.165) is 12.1 Å². The maximum atomic E-state index is 12.6. The molecule has 1 aromatic heterocycles. The summed E-state index contributed by atoms with van der Waals surface area (Å²) in [5.74, 6) is 0.646. The van der Waals surface area contributed by atoms with Crippen molar-refractivity contribution in [3.63, 3.8) is 0 Å². The van der Waals surface area contributed by atoms with Gasteiger partial charge in [0.05, 0.1) is 5.69 Å². The van der Waals surface area contributed by atoms with E-state index in [1.165, 1.54) is 23.8 Å². The van der Waals surface area contributed by atoms with Gasteiger partial charge in [-0.05, 0) is 38.7 Å². The minimum Gasteiger partial charge on any atom is -0.406 e. The zero-order valence-corrected chi connectivity index (χ0v) is 18.2. The highest BCUT2D eigenvalue weighted by Crippen LogP contribution is 2.28.